The van der Waals surface area contributed by atoms with E-state index in [2.05, 4.69) is 26.2 Å². The average Bonchev–Trinajstić information content (AvgIpc) is 3.08. The molecule has 1 aliphatic heterocycles. The van der Waals surface area contributed by atoms with Gasteiger partial charge in [0.15, 0.2) is 4.80 Å². The Labute approximate surface area is 191 Å². The number of esters is 1. The summed E-state index contributed by atoms with van der Waals surface area (Å²) in [4.78, 5) is 31.3. The lowest BCUT2D eigenvalue weighted by Crippen LogP contribution is -2.40. The van der Waals surface area contributed by atoms with Crippen LogP contribution in [0.25, 0.3) is 6.20 Å². The molecule has 0 saturated heterocycles. The minimum Gasteiger partial charge on any atom is -0.463 e. The summed E-state index contributed by atoms with van der Waals surface area (Å²) >= 11 is 4.69. The predicted octanol–water partition coefficient (Wildman–Crippen LogP) is 3.58. The number of anilines is 1. The minimum absolute atomic E-state index is 0.212. The highest BCUT2D eigenvalue weighted by Crippen LogP contribution is 2.30. The van der Waals surface area contributed by atoms with Gasteiger partial charge in [-0.3, -0.25) is 9.36 Å². The van der Waals surface area contributed by atoms with E-state index in [1.54, 1.807) is 24.6 Å². The lowest BCUT2D eigenvalue weighted by molar-refractivity contribution is -0.139. The van der Waals surface area contributed by atoms with Gasteiger partial charge in [-0.15, -0.1) is 0 Å². The Hall–Kier alpha value is -2.97. The Bertz CT molecular complexity index is 1330. The van der Waals surface area contributed by atoms with Crippen LogP contribution in [0.2, 0.25) is 0 Å². The zero-order chi connectivity index (χ0) is 22.0. The van der Waals surface area contributed by atoms with Crippen LogP contribution in [0, 0.1) is 0 Å². The van der Waals surface area contributed by atoms with Gasteiger partial charge in [-0.05, 0) is 43.7 Å². The van der Waals surface area contributed by atoms with E-state index in [1.807, 2.05) is 54.6 Å². The number of thiazole rings is 1. The van der Waals surface area contributed by atoms with Gasteiger partial charge in [-0.2, -0.15) is 0 Å². The fraction of sp³-hybridized carbons (Fsp3) is 0.174. The molecular weight excluding hydrogens is 478 g/mol. The third-order valence-corrected chi connectivity index (χ3v) is 6.36. The molecule has 2 aromatic carbocycles. The van der Waals surface area contributed by atoms with Crippen LogP contribution in [0.5, 0.6) is 0 Å². The largest absolute Gasteiger partial charge is 0.463 e. The summed E-state index contributed by atoms with van der Waals surface area (Å²) in [6.45, 7) is 3.78. The number of rotatable bonds is 5. The molecule has 2 heterocycles. The summed E-state index contributed by atoms with van der Waals surface area (Å²) in [5.41, 5.74) is 2.41. The fourth-order valence-corrected chi connectivity index (χ4v) is 4.67. The highest BCUT2D eigenvalue weighted by molar-refractivity contribution is 9.10. The maximum Gasteiger partial charge on any atom is 0.338 e. The van der Waals surface area contributed by atoms with E-state index in [1.165, 1.54) is 11.3 Å². The number of carbonyl (C=O) groups excluding carboxylic acids is 1. The monoisotopic (exact) mass is 497 g/mol. The standard InChI is InChI=1S/C23H20BrN3O3S/c1-3-30-22(29)19-14(2)26-23-27(20(19)15-7-5-4-6-8-15)21(28)18(31-23)13-25-17-11-9-16(24)10-12-17/h4-13,20,25H,3H2,1-2H3/b18-13-/t20-/m1/s1. The van der Waals surface area contributed by atoms with Crippen molar-refractivity contribution in [1.29, 1.82) is 0 Å². The zero-order valence-corrected chi connectivity index (χ0v) is 19.4. The van der Waals surface area contributed by atoms with Crippen molar-refractivity contribution in [3.05, 3.63) is 95.6 Å². The van der Waals surface area contributed by atoms with Gasteiger partial charge < -0.3 is 10.1 Å². The van der Waals surface area contributed by atoms with Gasteiger partial charge in [-0.25, -0.2) is 9.79 Å². The van der Waals surface area contributed by atoms with Crippen LogP contribution in [0.4, 0.5) is 5.69 Å². The first-order valence-electron chi connectivity index (χ1n) is 9.74. The van der Waals surface area contributed by atoms with E-state index in [4.69, 9.17) is 4.74 Å². The Kier molecular flexibility index (Phi) is 6.20. The molecule has 31 heavy (non-hydrogen) atoms. The van der Waals surface area contributed by atoms with Crippen molar-refractivity contribution in [2.75, 3.05) is 11.9 Å². The van der Waals surface area contributed by atoms with Crippen LogP contribution >= 0.6 is 27.3 Å². The quantitative estimate of drug-likeness (QED) is 0.546. The molecule has 0 radical (unpaired) electrons. The predicted molar refractivity (Wildman–Crippen MR) is 126 cm³/mol. The lowest BCUT2D eigenvalue weighted by atomic mass is 9.96. The van der Waals surface area contributed by atoms with Crippen LogP contribution in [0.15, 0.2) is 80.1 Å². The first-order valence-corrected chi connectivity index (χ1v) is 11.4. The van der Waals surface area contributed by atoms with E-state index < -0.39 is 12.0 Å². The summed E-state index contributed by atoms with van der Waals surface area (Å²) < 4.78 is 8.34. The second-order valence-electron chi connectivity index (χ2n) is 6.86. The molecule has 3 aromatic rings. The van der Waals surface area contributed by atoms with Crippen molar-refractivity contribution in [2.45, 2.75) is 19.9 Å². The maximum absolute atomic E-state index is 13.4. The SMILES string of the molecule is CCOC(=O)C1=C(C)N=c2s/c(=C\Nc3ccc(Br)cc3)c(=O)n2[C@@H]1c1ccccc1. The van der Waals surface area contributed by atoms with Gasteiger partial charge in [0.2, 0.25) is 0 Å². The van der Waals surface area contributed by atoms with E-state index in [0.717, 1.165) is 15.7 Å². The Balaban J connectivity index is 1.84. The molecule has 0 amide bonds. The Morgan fingerprint density at radius 1 is 1.23 bits per heavy atom. The molecule has 1 atom stereocenters. The topological polar surface area (TPSA) is 72.7 Å². The van der Waals surface area contributed by atoms with Crippen molar-refractivity contribution in [2.24, 2.45) is 4.99 Å². The number of hydrogen-bond donors (Lipinski definition) is 1. The van der Waals surface area contributed by atoms with Crippen LogP contribution in [-0.4, -0.2) is 17.1 Å². The van der Waals surface area contributed by atoms with Crippen molar-refractivity contribution in [3.63, 3.8) is 0 Å². The number of carbonyl (C=O) groups is 1. The first kappa shape index (κ1) is 21.3. The van der Waals surface area contributed by atoms with Crippen LogP contribution < -0.4 is 20.2 Å². The van der Waals surface area contributed by atoms with Crippen LogP contribution in [0.1, 0.15) is 25.5 Å². The molecule has 1 N–H and O–H groups in total. The molecule has 4 rings (SSSR count). The summed E-state index contributed by atoms with van der Waals surface area (Å²) in [5, 5.41) is 3.16. The van der Waals surface area contributed by atoms with E-state index in [0.29, 0.717) is 20.6 Å². The van der Waals surface area contributed by atoms with Gasteiger partial charge in [0, 0.05) is 16.4 Å². The molecule has 0 unspecified atom stereocenters. The molecule has 0 fully saturated rings. The number of allylic oxidation sites excluding steroid dienone is 1. The summed E-state index contributed by atoms with van der Waals surface area (Å²) in [7, 11) is 0. The average molecular weight is 498 g/mol. The third kappa shape index (κ3) is 4.26. The number of hydrogen-bond acceptors (Lipinski definition) is 6. The second kappa shape index (κ2) is 9.03. The highest BCUT2D eigenvalue weighted by Gasteiger charge is 2.33. The number of ether oxygens (including phenoxy) is 1. The molecule has 8 heteroatoms. The molecule has 0 spiro atoms. The Morgan fingerprint density at radius 3 is 2.61 bits per heavy atom. The minimum atomic E-state index is -0.591. The summed E-state index contributed by atoms with van der Waals surface area (Å²) in [6.07, 6.45) is 1.68. The van der Waals surface area contributed by atoms with Gasteiger partial charge in [0.1, 0.15) is 4.53 Å². The molecule has 1 aliphatic rings. The van der Waals surface area contributed by atoms with Gasteiger partial charge in [-0.1, -0.05) is 57.6 Å². The third-order valence-electron chi connectivity index (χ3n) is 4.85. The number of aromatic nitrogens is 1. The molecule has 0 bridgehead atoms. The van der Waals surface area contributed by atoms with E-state index in [9.17, 15) is 9.59 Å². The summed E-state index contributed by atoms with van der Waals surface area (Å²) in [5.74, 6) is -0.458. The van der Waals surface area contributed by atoms with Gasteiger partial charge in [0.25, 0.3) is 5.56 Å². The zero-order valence-electron chi connectivity index (χ0n) is 17.0. The maximum atomic E-state index is 13.4. The Morgan fingerprint density at radius 2 is 1.94 bits per heavy atom. The van der Waals surface area contributed by atoms with Gasteiger partial charge in [0.05, 0.1) is 23.9 Å². The number of nitrogens with one attached hydrogen (secondary N) is 1. The van der Waals surface area contributed by atoms with Crippen molar-refractivity contribution in [1.82, 2.24) is 4.57 Å². The molecule has 0 saturated carbocycles. The molecule has 158 valence electrons. The molecule has 6 nitrogen and oxygen atoms in total. The number of nitrogens with zero attached hydrogens (tertiary/aromatic N) is 2. The normalized spacial score (nSPS) is 16.0. The fourth-order valence-electron chi connectivity index (χ4n) is 3.44. The molecule has 1 aromatic heterocycles. The van der Waals surface area contributed by atoms with E-state index >= 15 is 0 Å². The second-order valence-corrected chi connectivity index (χ2v) is 8.79. The van der Waals surface area contributed by atoms with Crippen LogP contribution in [0.3, 0.4) is 0 Å². The highest BCUT2D eigenvalue weighted by atomic mass is 79.9. The van der Waals surface area contributed by atoms with Crippen molar-refractivity contribution >= 4 is 45.1 Å². The number of benzene rings is 2. The van der Waals surface area contributed by atoms with E-state index in [-0.39, 0.29) is 12.2 Å². The smallest absolute Gasteiger partial charge is 0.338 e. The lowest BCUT2D eigenvalue weighted by Gasteiger charge is -2.24. The molecule has 0 aliphatic carbocycles. The van der Waals surface area contributed by atoms with Crippen LogP contribution in [-0.2, 0) is 9.53 Å². The van der Waals surface area contributed by atoms with Crippen molar-refractivity contribution < 1.29 is 9.53 Å². The first-order chi connectivity index (χ1) is 15.0. The summed E-state index contributed by atoms with van der Waals surface area (Å²) in [6, 6.07) is 16.5. The van der Waals surface area contributed by atoms with Gasteiger partial charge >= 0.3 is 5.97 Å². The molecular formula is C23H20BrN3O3S. The number of halogens is 1. The number of fused-ring (bicyclic) bond motifs is 1. The van der Waals surface area contributed by atoms with Crippen molar-refractivity contribution in [3.8, 4) is 0 Å².